The predicted octanol–water partition coefficient (Wildman–Crippen LogP) is 8.15. The van der Waals surface area contributed by atoms with E-state index in [4.69, 9.17) is 11.6 Å². The fourth-order valence-corrected chi connectivity index (χ4v) is 5.02. The van der Waals surface area contributed by atoms with Crippen LogP contribution in [0.1, 0.15) is 46.5 Å². The van der Waals surface area contributed by atoms with Crippen molar-refractivity contribution in [1.29, 1.82) is 0 Å². The van der Waals surface area contributed by atoms with Gasteiger partial charge in [-0.3, -0.25) is 4.79 Å². The van der Waals surface area contributed by atoms with Gasteiger partial charge in [0, 0.05) is 23.2 Å². The first-order chi connectivity index (χ1) is 17.1. The lowest BCUT2D eigenvalue weighted by molar-refractivity contribution is 0.0668. The van der Waals surface area contributed by atoms with Crippen LogP contribution in [0.3, 0.4) is 0 Å². The second-order valence-electron chi connectivity index (χ2n) is 8.81. The van der Waals surface area contributed by atoms with Gasteiger partial charge in [-0.15, -0.1) is 0 Å². The Morgan fingerprint density at radius 1 is 0.829 bits per heavy atom. The normalized spacial score (nSPS) is 12.5. The zero-order valence-electron chi connectivity index (χ0n) is 20.7. The molecule has 1 aliphatic rings. The summed E-state index contributed by atoms with van der Waals surface area (Å²) in [5.41, 5.74) is 7.58. The second kappa shape index (κ2) is 11.4. The molecule has 0 saturated heterocycles. The van der Waals surface area contributed by atoms with Crippen molar-refractivity contribution in [1.82, 2.24) is 4.90 Å². The van der Waals surface area contributed by atoms with Gasteiger partial charge in [0.15, 0.2) is 0 Å². The van der Waals surface area contributed by atoms with Crippen molar-refractivity contribution in [3.8, 4) is 11.1 Å². The highest BCUT2D eigenvalue weighted by Gasteiger charge is 2.31. The molecule has 0 aromatic heterocycles. The predicted molar refractivity (Wildman–Crippen MR) is 147 cm³/mol. The third kappa shape index (κ3) is 5.66. The molecule has 0 spiro atoms. The van der Waals surface area contributed by atoms with Gasteiger partial charge in [-0.25, -0.2) is 0 Å². The van der Waals surface area contributed by atoms with E-state index in [-0.39, 0.29) is 11.9 Å². The molecule has 0 bridgehead atoms. The number of hydrogen-bond donors (Lipinski definition) is 0. The molecule has 1 amide bonds. The molecular formula is C32H32ClNO. The van der Waals surface area contributed by atoms with Gasteiger partial charge >= 0.3 is 0 Å². The SMILES string of the molecule is CC.Cc1cccc(CN(C(=O)c2cc(Cl)ccc2-c2ccccc2)C2Cc3ccccc3C2)c1. The molecule has 0 heterocycles. The summed E-state index contributed by atoms with van der Waals surface area (Å²) in [6, 6.07) is 32.7. The van der Waals surface area contributed by atoms with E-state index in [2.05, 4.69) is 55.5 Å². The van der Waals surface area contributed by atoms with E-state index in [1.807, 2.05) is 67.3 Å². The molecule has 0 atom stereocenters. The lowest BCUT2D eigenvalue weighted by Crippen LogP contribution is -2.40. The summed E-state index contributed by atoms with van der Waals surface area (Å²) in [5, 5.41) is 0.572. The summed E-state index contributed by atoms with van der Waals surface area (Å²) in [7, 11) is 0. The summed E-state index contributed by atoms with van der Waals surface area (Å²) >= 11 is 6.40. The molecule has 0 radical (unpaired) electrons. The number of amides is 1. The van der Waals surface area contributed by atoms with Crippen molar-refractivity contribution in [3.05, 3.63) is 130 Å². The average molecular weight is 482 g/mol. The van der Waals surface area contributed by atoms with Crippen LogP contribution >= 0.6 is 11.6 Å². The fraction of sp³-hybridized carbons (Fsp3) is 0.219. The molecule has 5 rings (SSSR count). The van der Waals surface area contributed by atoms with Crippen LogP contribution < -0.4 is 0 Å². The van der Waals surface area contributed by atoms with Crippen LogP contribution in [0.2, 0.25) is 5.02 Å². The highest BCUT2D eigenvalue weighted by atomic mass is 35.5. The molecule has 1 aliphatic carbocycles. The average Bonchev–Trinajstić information content (AvgIpc) is 3.33. The van der Waals surface area contributed by atoms with E-state index >= 15 is 0 Å². The first-order valence-corrected chi connectivity index (χ1v) is 12.7. The van der Waals surface area contributed by atoms with Crippen LogP contribution in [0.4, 0.5) is 0 Å². The number of aryl methyl sites for hydroxylation is 1. The van der Waals surface area contributed by atoms with Crippen molar-refractivity contribution in [2.45, 2.75) is 46.2 Å². The van der Waals surface area contributed by atoms with E-state index in [0.717, 1.165) is 29.5 Å². The van der Waals surface area contributed by atoms with Crippen LogP contribution in [0.5, 0.6) is 0 Å². The molecule has 0 N–H and O–H groups in total. The summed E-state index contributed by atoms with van der Waals surface area (Å²) in [6.45, 7) is 6.66. The Labute approximate surface area is 214 Å². The minimum Gasteiger partial charge on any atom is -0.331 e. The Balaban J connectivity index is 0.00000141. The maximum Gasteiger partial charge on any atom is 0.255 e. The van der Waals surface area contributed by atoms with Gasteiger partial charge < -0.3 is 4.90 Å². The topological polar surface area (TPSA) is 20.3 Å². The highest BCUT2D eigenvalue weighted by molar-refractivity contribution is 6.31. The maximum absolute atomic E-state index is 14.2. The number of nitrogens with zero attached hydrogens (tertiary/aromatic N) is 1. The van der Waals surface area contributed by atoms with Gasteiger partial charge in [0.05, 0.1) is 0 Å². The lowest BCUT2D eigenvalue weighted by Gasteiger charge is -2.30. The lowest BCUT2D eigenvalue weighted by atomic mass is 9.97. The number of carbonyl (C=O) groups excluding carboxylic acids is 1. The third-order valence-corrected chi connectivity index (χ3v) is 6.70. The Morgan fingerprint density at radius 2 is 1.49 bits per heavy atom. The Hall–Kier alpha value is -3.36. The summed E-state index contributed by atoms with van der Waals surface area (Å²) in [4.78, 5) is 16.2. The van der Waals surface area contributed by atoms with Gasteiger partial charge in [-0.2, -0.15) is 0 Å². The molecule has 0 fully saturated rings. The second-order valence-corrected chi connectivity index (χ2v) is 9.25. The number of carbonyl (C=O) groups is 1. The standard InChI is InChI=1S/C30H26ClNO.C2H6/c1-21-8-7-9-22(16-21)20-32(27-17-24-12-5-6-13-25(24)18-27)30(33)29-19-26(31)14-15-28(29)23-10-3-2-4-11-23;1-2/h2-16,19,27H,17-18,20H2,1H3;1-2H3. The van der Waals surface area contributed by atoms with Crippen LogP contribution in [-0.2, 0) is 19.4 Å². The Morgan fingerprint density at radius 3 is 2.14 bits per heavy atom. The van der Waals surface area contributed by atoms with E-state index in [0.29, 0.717) is 17.1 Å². The van der Waals surface area contributed by atoms with Gasteiger partial charge in [-0.05, 0) is 59.7 Å². The number of benzene rings is 4. The van der Waals surface area contributed by atoms with Crippen LogP contribution in [0, 0.1) is 6.92 Å². The Kier molecular flexibility index (Phi) is 8.05. The van der Waals surface area contributed by atoms with Crippen molar-refractivity contribution in [2.75, 3.05) is 0 Å². The zero-order valence-corrected chi connectivity index (χ0v) is 21.4. The molecule has 4 aromatic rings. The van der Waals surface area contributed by atoms with E-state index in [1.165, 1.54) is 16.7 Å². The summed E-state index contributed by atoms with van der Waals surface area (Å²) < 4.78 is 0. The maximum atomic E-state index is 14.2. The molecule has 0 unspecified atom stereocenters. The van der Waals surface area contributed by atoms with Gasteiger partial charge in [-0.1, -0.05) is 116 Å². The fourth-order valence-electron chi connectivity index (χ4n) is 4.85. The van der Waals surface area contributed by atoms with Crippen LogP contribution in [-0.4, -0.2) is 16.8 Å². The first-order valence-electron chi connectivity index (χ1n) is 12.4. The molecule has 3 heteroatoms. The minimum atomic E-state index is 0.0238. The molecule has 178 valence electrons. The molecular weight excluding hydrogens is 450 g/mol. The highest BCUT2D eigenvalue weighted by Crippen LogP contribution is 2.32. The van der Waals surface area contributed by atoms with E-state index < -0.39 is 0 Å². The molecule has 2 nitrogen and oxygen atoms in total. The number of hydrogen-bond acceptors (Lipinski definition) is 1. The number of halogens is 1. The first kappa shape index (κ1) is 24.8. The number of rotatable bonds is 5. The van der Waals surface area contributed by atoms with E-state index in [9.17, 15) is 4.79 Å². The van der Waals surface area contributed by atoms with Crippen molar-refractivity contribution in [3.63, 3.8) is 0 Å². The van der Waals surface area contributed by atoms with Gasteiger partial charge in [0.25, 0.3) is 5.91 Å². The summed E-state index contributed by atoms with van der Waals surface area (Å²) in [5.74, 6) is 0.0238. The largest absolute Gasteiger partial charge is 0.331 e. The smallest absolute Gasteiger partial charge is 0.255 e. The molecule has 35 heavy (non-hydrogen) atoms. The van der Waals surface area contributed by atoms with Gasteiger partial charge in [0.1, 0.15) is 0 Å². The molecule has 0 aliphatic heterocycles. The number of fused-ring (bicyclic) bond motifs is 1. The zero-order chi connectivity index (χ0) is 24.8. The minimum absolute atomic E-state index is 0.0238. The van der Waals surface area contributed by atoms with Crippen LogP contribution in [0.15, 0.2) is 97.1 Å². The van der Waals surface area contributed by atoms with Crippen molar-refractivity contribution >= 4 is 17.5 Å². The quantitative estimate of drug-likeness (QED) is 0.281. The van der Waals surface area contributed by atoms with E-state index in [1.54, 1.807) is 0 Å². The van der Waals surface area contributed by atoms with Crippen molar-refractivity contribution < 1.29 is 4.79 Å². The van der Waals surface area contributed by atoms with Crippen molar-refractivity contribution in [2.24, 2.45) is 0 Å². The van der Waals surface area contributed by atoms with Gasteiger partial charge in [0.2, 0.25) is 0 Å². The van der Waals surface area contributed by atoms with Crippen LogP contribution in [0.25, 0.3) is 11.1 Å². The molecule has 4 aromatic carbocycles. The Bertz CT molecular complexity index is 1270. The molecule has 0 saturated carbocycles. The summed E-state index contributed by atoms with van der Waals surface area (Å²) in [6.07, 6.45) is 1.74. The third-order valence-electron chi connectivity index (χ3n) is 6.46. The monoisotopic (exact) mass is 481 g/mol.